The third-order valence-electron chi connectivity index (χ3n) is 8.05. The van der Waals surface area contributed by atoms with Crippen LogP contribution in [0.25, 0.3) is 0 Å². The lowest BCUT2D eigenvalue weighted by Crippen LogP contribution is -2.61. The van der Waals surface area contributed by atoms with E-state index in [1.54, 1.807) is 30.3 Å². The maximum absolute atomic E-state index is 13.3. The molecule has 21 heteroatoms. The van der Waals surface area contributed by atoms with Crippen molar-refractivity contribution >= 4 is 41.5 Å². The first-order valence-corrected chi connectivity index (χ1v) is 17.3. The molecule has 5 amide bonds. The predicted molar refractivity (Wildman–Crippen MR) is 190 cm³/mol. The smallest absolute Gasteiger partial charge is 0.326 e. The van der Waals surface area contributed by atoms with Crippen molar-refractivity contribution in [3.05, 3.63) is 35.9 Å². The molecule has 0 saturated heterocycles. The fourth-order valence-corrected chi connectivity index (χ4v) is 4.92. The van der Waals surface area contributed by atoms with E-state index < -0.39 is 123 Å². The van der Waals surface area contributed by atoms with E-state index in [0.717, 1.165) is 6.92 Å². The first kappa shape index (κ1) is 47.3. The second kappa shape index (κ2) is 25.3. The van der Waals surface area contributed by atoms with E-state index in [9.17, 15) is 54.0 Å². The van der Waals surface area contributed by atoms with E-state index in [1.165, 1.54) is 0 Å². The minimum Gasteiger partial charge on any atom is -0.481 e. The predicted octanol–water partition coefficient (Wildman–Crippen LogP) is -5.63. The number of rotatable bonds is 27. The molecule has 0 bridgehead atoms. The lowest BCUT2D eigenvalue weighted by molar-refractivity contribution is -0.142. The Morgan fingerprint density at radius 3 is 1.80 bits per heavy atom. The average Bonchev–Trinajstić information content (AvgIpc) is 3.13. The summed E-state index contributed by atoms with van der Waals surface area (Å²) in [5.74, 6) is -7.56. The van der Waals surface area contributed by atoms with Crippen LogP contribution in [-0.4, -0.2) is 153 Å². The van der Waals surface area contributed by atoms with Crippen LogP contribution in [0.5, 0.6) is 0 Å². The molecular formula is C33H54N8O13. The molecule has 0 radical (unpaired) electrons. The number of carboxylic acids is 2. The number of aliphatic hydroxyl groups is 4. The molecular weight excluding hydrogens is 716 g/mol. The van der Waals surface area contributed by atoms with Crippen LogP contribution in [0.3, 0.4) is 0 Å². The molecule has 8 atom stereocenters. The Balaban J connectivity index is 3.03. The molecule has 1 aromatic carbocycles. The first-order valence-electron chi connectivity index (χ1n) is 17.3. The maximum Gasteiger partial charge on any atom is 0.326 e. The zero-order valence-corrected chi connectivity index (χ0v) is 30.0. The highest BCUT2D eigenvalue weighted by molar-refractivity contribution is 5.95. The van der Waals surface area contributed by atoms with Gasteiger partial charge >= 0.3 is 11.9 Å². The standard InChI is InChI=1S/C33H54N8O13/c1-18(45)27(41-29(49)22(10-11-26(46)47)38-28(48)21(35)15-42)32(52)40-25(17-44)31(51)37-20(9-5-6-12-34)14-36-24(16-43)30(50)39-23(33(53)54)13-19-7-3-2-4-8-19/h2-4,7-8,18,20-25,27,36,42-45H,5-6,9-17,34-35H2,1H3,(H,37,51)(H,38,48)(H,39,50)(H,40,52)(H,41,49)(H,46,47)(H,53,54)/t18?,20-,21-,22-,23-,24-,25-,27-/m0/s1. The van der Waals surface area contributed by atoms with Gasteiger partial charge in [-0.2, -0.15) is 0 Å². The van der Waals surface area contributed by atoms with Gasteiger partial charge in [-0.15, -0.1) is 0 Å². The molecule has 0 spiro atoms. The number of unbranched alkanes of at least 4 members (excludes halogenated alkanes) is 1. The van der Waals surface area contributed by atoms with E-state index in [-0.39, 0.29) is 19.4 Å². The third-order valence-corrected chi connectivity index (χ3v) is 8.05. The number of hydrogen-bond donors (Lipinski definition) is 14. The molecule has 54 heavy (non-hydrogen) atoms. The second-order valence-corrected chi connectivity index (χ2v) is 12.5. The van der Waals surface area contributed by atoms with Crippen LogP contribution in [0.2, 0.25) is 0 Å². The summed E-state index contributed by atoms with van der Waals surface area (Å²) in [4.78, 5) is 87.6. The number of aliphatic hydroxyl groups excluding tert-OH is 4. The van der Waals surface area contributed by atoms with Gasteiger partial charge in [-0.1, -0.05) is 36.8 Å². The molecule has 21 nitrogen and oxygen atoms in total. The molecule has 16 N–H and O–H groups in total. The Kier molecular flexibility index (Phi) is 22.1. The van der Waals surface area contributed by atoms with Crippen LogP contribution in [-0.2, 0) is 40.0 Å². The number of amides is 5. The molecule has 0 saturated carbocycles. The summed E-state index contributed by atoms with van der Waals surface area (Å²) in [6, 6.07) is -1.19. The number of carboxylic acid groups (broad SMARTS) is 2. The highest BCUT2D eigenvalue weighted by Crippen LogP contribution is 2.06. The number of benzene rings is 1. The minimum atomic E-state index is -1.77. The van der Waals surface area contributed by atoms with E-state index in [0.29, 0.717) is 24.9 Å². The van der Waals surface area contributed by atoms with Gasteiger partial charge in [0.05, 0.1) is 25.9 Å². The van der Waals surface area contributed by atoms with Gasteiger partial charge < -0.3 is 74.0 Å². The van der Waals surface area contributed by atoms with E-state index in [4.69, 9.17) is 21.7 Å². The molecule has 0 aromatic heterocycles. The topological polar surface area (TPSA) is 365 Å². The van der Waals surface area contributed by atoms with Crippen molar-refractivity contribution in [2.45, 2.75) is 93.8 Å². The zero-order valence-electron chi connectivity index (χ0n) is 30.0. The molecule has 0 aliphatic rings. The summed E-state index contributed by atoms with van der Waals surface area (Å²) in [6.07, 6.45) is -1.34. The van der Waals surface area contributed by atoms with Gasteiger partial charge in [-0.05, 0) is 38.3 Å². The summed E-state index contributed by atoms with van der Waals surface area (Å²) < 4.78 is 0. The van der Waals surface area contributed by atoms with Gasteiger partial charge in [0.2, 0.25) is 29.5 Å². The number of nitrogens with two attached hydrogens (primary N) is 2. The van der Waals surface area contributed by atoms with Crippen LogP contribution >= 0.6 is 0 Å². The second-order valence-electron chi connectivity index (χ2n) is 12.5. The van der Waals surface area contributed by atoms with Crippen molar-refractivity contribution in [2.24, 2.45) is 11.5 Å². The van der Waals surface area contributed by atoms with E-state index in [1.807, 2.05) is 0 Å². The highest BCUT2D eigenvalue weighted by Gasteiger charge is 2.33. The normalized spacial score (nSPS) is 15.5. The van der Waals surface area contributed by atoms with E-state index >= 15 is 0 Å². The number of nitrogens with one attached hydrogen (secondary N) is 6. The Morgan fingerprint density at radius 1 is 0.685 bits per heavy atom. The average molecular weight is 771 g/mol. The Hall–Kier alpha value is -4.77. The summed E-state index contributed by atoms with van der Waals surface area (Å²) >= 11 is 0. The summed E-state index contributed by atoms with van der Waals surface area (Å²) in [5.41, 5.74) is 11.7. The zero-order chi connectivity index (χ0) is 40.8. The monoisotopic (exact) mass is 770 g/mol. The molecule has 0 fully saturated rings. The molecule has 304 valence electrons. The lowest BCUT2D eigenvalue weighted by Gasteiger charge is -2.28. The van der Waals surface area contributed by atoms with Gasteiger partial charge in [0.1, 0.15) is 36.3 Å². The minimum absolute atomic E-state index is 0.0209. The van der Waals surface area contributed by atoms with Crippen molar-refractivity contribution in [3.63, 3.8) is 0 Å². The number of carbonyl (C=O) groups is 7. The largest absolute Gasteiger partial charge is 0.481 e. The van der Waals surface area contributed by atoms with Crippen LogP contribution in [0, 0.1) is 0 Å². The van der Waals surface area contributed by atoms with Crippen molar-refractivity contribution in [2.75, 3.05) is 32.9 Å². The van der Waals surface area contributed by atoms with Crippen LogP contribution in [0.15, 0.2) is 30.3 Å². The Labute approximate surface area is 311 Å². The highest BCUT2D eigenvalue weighted by atomic mass is 16.4. The Bertz CT molecular complexity index is 1370. The SMILES string of the molecule is CC(O)[C@H](NC(=O)[C@H](CCC(=O)O)NC(=O)[C@@H](N)CO)C(=O)N[C@@H](CO)C(=O)N[C@@H](CCCCN)CN[C@@H](CO)C(=O)N[C@@H](Cc1ccccc1)C(=O)O. The number of aliphatic carboxylic acids is 2. The summed E-state index contributed by atoms with van der Waals surface area (Å²) in [7, 11) is 0. The number of carbonyl (C=O) groups excluding carboxylic acids is 5. The van der Waals surface area contributed by atoms with Gasteiger partial charge in [0.25, 0.3) is 0 Å². The van der Waals surface area contributed by atoms with Crippen molar-refractivity contribution < 1.29 is 64.2 Å². The maximum atomic E-state index is 13.3. The third kappa shape index (κ3) is 17.4. The van der Waals surface area contributed by atoms with Crippen molar-refractivity contribution in [1.29, 1.82) is 0 Å². The van der Waals surface area contributed by atoms with Gasteiger partial charge in [0, 0.05) is 25.4 Å². The molecule has 0 heterocycles. The quantitative estimate of drug-likeness (QED) is 0.0371. The van der Waals surface area contributed by atoms with Gasteiger partial charge in [-0.3, -0.25) is 28.8 Å². The van der Waals surface area contributed by atoms with E-state index in [2.05, 4.69) is 31.9 Å². The fourth-order valence-electron chi connectivity index (χ4n) is 4.92. The van der Waals surface area contributed by atoms with Gasteiger partial charge in [-0.25, -0.2) is 4.79 Å². The van der Waals surface area contributed by atoms with Crippen LogP contribution in [0.1, 0.15) is 44.6 Å². The van der Waals surface area contributed by atoms with Crippen molar-refractivity contribution in [3.8, 4) is 0 Å². The molecule has 0 aliphatic carbocycles. The summed E-state index contributed by atoms with van der Waals surface area (Å²) in [6.45, 7) is -1.15. The lowest BCUT2D eigenvalue weighted by atomic mass is 10.1. The van der Waals surface area contributed by atoms with Crippen molar-refractivity contribution in [1.82, 2.24) is 31.9 Å². The number of hydrogen-bond acceptors (Lipinski definition) is 14. The summed E-state index contributed by atoms with van der Waals surface area (Å²) in [5, 5.41) is 72.5. The Morgan fingerprint density at radius 2 is 1.26 bits per heavy atom. The molecule has 1 rings (SSSR count). The van der Waals surface area contributed by atoms with Crippen LogP contribution < -0.4 is 43.4 Å². The molecule has 0 aliphatic heterocycles. The van der Waals surface area contributed by atoms with Crippen LogP contribution in [0.4, 0.5) is 0 Å². The van der Waals surface area contributed by atoms with Gasteiger partial charge in [0.15, 0.2) is 0 Å². The molecule has 1 unspecified atom stereocenters. The molecule has 1 aromatic rings. The first-order chi connectivity index (χ1) is 25.6. The fraction of sp³-hybridized carbons (Fsp3) is 0.606.